The molecule has 5 heterocycles. The lowest BCUT2D eigenvalue weighted by molar-refractivity contribution is -0.141. The van der Waals surface area contributed by atoms with Gasteiger partial charge in [0.2, 0.25) is 11.8 Å². The minimum atomic E-state index is -4.67. The summed E-state index contributed by atoms with van der Waals surface area (Å²) in [6.07, 6.45) is 0.883. The number of halogens is 5. The Morgan fingerprint density at radius 2 is 1.77 bits per heavy atom. The number of alkyl halides is 5. The zero-order chi connectivity index (χ0) is 40.4. The zero-order valence-corrected chi connectivity index (χ0v) is 31.3. The number of rotatable bonds is 7. The van der Waals surface area contributed by atoms with Gasteiger partial charge in [0.1, 0.15) is 17.4 Å². The first-order chi connectivity index (χ1) is 27.1. The van der Waals surface area contributed by atoms with Crippen LogP contribution in [0.15, 0.2) is 59.5 Å². The van der Waals surface area contributed by atoms with Gasteiger partial charge in [0, 0.05) is 37.3 Å². The van der Waals surface area contributed by atoms with Gasteiger partial charge in [-0.05, 0) is 105 Å². The summed E-state index contributed by atoms with van der Waals surface area (Å²) < 4.78 is 76.4. The summed E-state index contributed by atoms with van der Waals surface area (Å²) in [7, 11) is 1.54. The van der Waals surface area contributed by atoms with Crippen LogP contribution in [-0.2, 0) is 22.8 Å². The number of benzene rings is 2. The lowest BCUT2D eigenvalue weighted by Gasteiger charge is -2.41. The molecule has 57 heavy (non-hydrogen) atoms. The average molecular weight is 793 g/mol. The quantitative estimate of drug-likeness (QED) is 0.142. The van der Waals surface area contributed by atoms with Gasteiger partial charge in [-0.1, -0.05) is 12.1 Å². The number of fused-ring (bicyclic) bond motifs is 2. The molecule has 2 atom stereocenters. The van der Waals surface area contributed by atoms with E-state index >= 15 is 8.78 Å². The summed E-state index contributed by atoms with van der Waals surface area (Å²) in [4.78, 5) is 56.0. The van der Waals surface area contributed by atoms with Crippen LogP contribution in [0.3, 0.4) is 0 Å². The van der Waals surface area contributed by atoms with Gasteiger partial charge in [-0.2, -0.15) is 18.3 Å². The van der Waals surface area contributed by atoms with Crippen molar-refractivity contribution in [2.24, 2.45) is 13.0 Å². The number of likely N-dealkylation sites (tertiary alicyclic amines) is 1. The summed E-state index contributed by atoms with van der Waals surface area (Å²) >= 11 is 0. The zero-order valence-electron chi connectivity index (χ0n) is 31.3. The van der Waals surface area contributed by atoms with Crippen LogP contribution < -0.4 is 16.3 Å². The molecule has 2 aliphatic heterocycles. The molecule has 2 saturated heterocycles. The molecular weight excluding hydrogens is 751 g/mol. The van der Waals surface area contributed by atoms with Crippen molar-refractivity contribution >= 4 is 45.3 Å². The third kappa shape index (κ3) is 7.32. The molecule has 0 bridgehead atoms. The molecule has 3 aromatic heterocycles. The normalized spacial score (nSPS) is 23.2. The van der Waals surface area contributed by atoms with Gasteiger partial charge in [-0.3, -0.25) is 38.4 Å². The number of hydrogen-bond acceptors (Lipinski definition) is 7. The Morgan fingerprint density at radius 1 is 1.00 bits per heavy atom. The lowest BCUT2D eigenvalue weighted by Crippen LogP contribution is -2.49. The summed E-state index contributed by atoms with van der Waals surface area (Å²) in [5.74, 6) is -5.75. The van der Waals surface area contributed by atoms with Crippen molar-refractivity contribution in [3.05, 3.63) is 87.7 Å². The van der Waals surface area contributed by atoms with Crippen LogP contribution in [0.2, 0.25) is 0 Å². The smallest absolute Gasteiger partial charge is 0.321 e. The minimum absolute atomic E-state index is 0.0806. The number of carbonyl (C=O) groups is 3. The van der Waals surface area contributed by atoms with E-state index < -0.39 is 59.7 Å². The van der Waals surface area contributed by atoms with Crippen molar-refractivity contribution < 1.29 is 36.3 Å². The van der Waals surface area contributed by atoms with Crippen LogP contribution in [0.4, 0.5) is 27.6 Å². The van der Waals surface area contributed by atoms with Crippen LogP contribution in [0, 0.1) is 12.8 Å². The molecule has 1 saturated carbocycles. The number of imide groups is 1. The van der Waals surface area contributed by atoms with Crippen molar-refractivity contribution in [3.8, 4) is 0 Å². The second-order valence-electron chi connectivity index (χ2n) is 15.6. The highest BCUT2D eigenvalue weighted by molar-refractivity contribution is 6.04. The summed E-state index contributed by atoms with van der Waals surface area (Å²) in [5.41, 5.74) is 0.928. The first-order valence-electron chi connectivity index (χ1n) is 19.1. The van der Waals surface area contributed by atoms with E-state index in [4.69, 9.17) is 5.10 Å². The monoisotopic (exact) mass is 792 g/mol. The van der Waals surface area contributed by atoms with Crippen LogP contribution in [0.5, 0.6) is 0 Å². The Hall–Kier alpha value is -5.45. The van der Waals surface area contributed by atoms with Crippen LogP contribution in [-0.4, -0.2) is 72.1 Å². The molecule has 8 rings (SSSR count). The fourth-order valence-electron chi connectivity index (χ4n) is 8.98. The molecule has 3 amide bonds. The van der Waals surface area contributed by atoms with E-state index in [2.05, 4.69) is 15.6 Å². The van der Waals surface area contributed by atoms with Crippen molar-refractivity contribution in [1.29, 1.82) is 0 Å². The number of hydrogen-bond donors (Lipinski definition) is 2. The molecule has 3 aliphatic rings. The second kappa shape index (κ2) is 14.5. The van der Waals surface area contributed by atoms with Crippen molar-refractivity contribution in [2.45, 2.75) is 82.0 Å². The Kier molecular flexibility index (Phi) is 9.77. The predicted octanol–water partition coefficient (Wildman–Crippen LogP) is 6.50. The number of amides is 3. The van der Waals surface area contributed by atoms with Crippen molar-refractivity contribution in [2.75, 3.05) is 25.0 Å². The second-order valence-corrected chi connectivity index (χ2v) is 15.6. The van der Waals surface area contributed by atoms with Gasteiger partial charge in [0.25, 0.3) is 11.8 Å². The number of imidazole rings is 1. The van der Waals surface area contributed by atoms with Gasteiger partial charge in [0.05, 0.1) is 35.1 Å². The molecular formula is C40H41F5N8O4. The fraction of sp³-hybridized carbons (Fsp3) is 0.450. The first kappa shape index (κ1) is 38.4. The van der Waals surface area contributed by atoms with E-state index in [1.807, 2.05) is 15.8 Å². The number of pyridine rings is 1. The highest BCUT2D eigenvalue weighted by Crippen LogP contribution is 2.45. The number of nitrogens with one attached hydrogen (secondary N) is 2. The molecule has 300 valence electrons. The molecule has 5 aromatic rings. The molecule has 0 radical (unpaired) electrons. The maximum Gasteiger partial charge on any atom is 0.433 e. The molecule has 0 spiro atoms. The van der Waals surface area contributed by atoms with E-state index in [9.17, 15) is 32.3 Å². The molecule has 1 aliphatic carbocycles. The number of anilines is 1. The van der Waals surface area contributed by atoms with Crippen molar-refractivity contribution in [1.82, 2.24) is 34.1 Å². The standard InChI is InChI=1S/C40H41F5N8O4/c1-22-6-13-30-35(50(2)38(57)53(30)31-14-15-33(54)48-37(31)56)34(22)27-16-17-51(21-39(27,41)42)19-23-7-10-26(11-8-23)52-20-24-18-25(9-12-28(24)49-52)46-36(55)29-4-3-5-32(47-29)40(43,44)45/h3-6,9,12-13,18,20,23,26-27,31H,7-8,10-11,14-17,19,21H2,1-2H3,(H,46,55)(H,48,54,56). The van der Waals surface area contributed by atoms with E-state index in [1.165, 1.54) is 22.2 Å². The van der Waals surface area contributed by atoms with Crippen LogP contribution >= 0.6 is 0 Å². The average Bonchev–Trinajstić information content (AvgIpc) is 3.69. The SMILES string of the molecule is Cc1ccc2c(c1C1CCN(CC3CCC(n4cc5cc(NC(=O)c6cccc(C(F)(F)F)n6)ccc5n4)CC3)CC1(F)F)n(C)c(=O)n2C1CCC(=O)NC1=O. The number of nitrogens with zero attached hydrogens (tertiary/aromatic N) is 6. The molecule has 2 N–H and O–H groups in total. The van der Waals surface area contributed by atoms with Crippen molar-refractivity contribution in [3.63, 3.8) is 0 Å². The molecule has 2 aromatic carbocycles. The maximum absolute atomic E-state index is 16.3. The molecule has 12 nitrogen and oxygen atoms in total. The third-order valence-electron chi connectivity index (χ3n) is 11.8. The summed E-state index contributed by atoms with van der Waals surface area (Å²) in [6.45, 7) is 2.35. The highest BCUT2D eigenvalue weighted by Gasteiger charge is 2.47. The van der Waals surface area contributed by atoms with Gasteiger partial charge >= 0.3 is 11.9 Å². The molecule has 3 fully saturated rings. The largest absolute Gasteiger partial charge is 0.433 e. The Labute approximate surface area is 323 Å². The highest BCUT2D eigenvalue weighted by atomic mass is 19.4. The Bertz CT molecular complexity index is 2460. The van der Waals surface area contributed by atoms with E-state index in [0.717, 1.165) is 43.2 Å². The van der Waals surface area contributed by atoms with Gasteiger partial charge in [-0.25, -0.2) is 18.6 Å². The maximum atomic E-state index is 16.3. The Balaban J connectivity index is 0.901. The number of aryl methyl sites for hydroxylation is 2. The van der Waals surface area contributed by atoms with Gasteiger partial charge in [-0.15, -0.1) is 0 Å². The molecule has 17 heteroatoms. The van der Waals surface area contributed by atoms with E-state index in [-0.39, 0.29) is 36.9 Å². The predicted molar refractivity (Wildman–Crippen MR) is 200 cm³/mol. The van der Waals surface area contributed by atoms with Gasteiger partial charge < -0.3 is 5.32 Å². The summed E-state index contributed by atoms with van der Waals surface area (Å²) in [5, 5.41) is 10.4. The number of carbonyl (C=O) groups excluding carboxylic acids is 3. The molecule has 2 unspecified atom stereocenters. The Morgan fingerprint density at radius 3 is 2.49 bits per heavy atom. The topological polar surface area (TPSA) is 136 Å². The first-order valence-corrected chi connectivity index (χ1v) is 19.1. The number of piperidine rings is 2. The van der Waals surface area contributed by atoms with Crippen LogP contribution in [0.1, 0.15) is 90.3 Å². The van der Waals surface area contributed by atoms with E-state index in [1.54, 1.807) is 37.3 Å². The lowest BCUT2D eigenvalue weighted by atomic mass is 9.81. The van der Waals surface area contributed by atoms with E-state index in [0.29, 0.717) is 46.5 Å². The fourth-order valence-corrected chi connectivity index (χ4v) is 8.98. The minimum Gasteiger partial charge on any atom is -0.321 e. The third-order valence-corrected chi connectivity index (χ3v) is 11.8. The van der Waals surface area contributed by atoms with Crippen LogP contribution in [0.25, 0.3) is 21.9 Å². The summed E-state index contributed by atoms with van der Waals surface area (Å²) in [6, 6.07) is 10.8. The number of aromatic nitrogens is 5. The van der Waals surface area contributed by atoms with Gasteiger partial charge in [0.15, 0.2) is 0 Å².